The van der Waals surface area contributed by atoms with Crippen LogP contribution in [0.15, 0.2) is 15.8 Å². The normalized spacial score (nSPS) is 25.6. The van der Waals surface area contributed by atoms with Gasteiger partial charge in [0.1, 0.15) is 19.1 Å². The Hall–Kier alpha value is -1.03. The van der Waals surface area contributed by atoms with Crippen LogP contribution in [0.1, 0.15) is 46.4 Å². The lowest BCUT2D eigenvalue weighted by Crippen LogP contribution is -2.47. The standard InChI is InChI=1S/C24H45N2O7PSi/c1-15-14-26(23(28)25-20(15)27)21-19(31-13-12-30-7)16(2)18(32-21)17(3)22(34(8,9)29)33-35(10,11)24(4,5)6/h14,16-19,21-22H,12-13H2,1-11H3,(H,25,27,28)/t16-,17+,18+,19-,21-,22+/m1/s1. The molecule has 1 fully saturated rings. The van der Waals surface area contributed by atoms with E-state index in [1.54, 1.807) is 27.4 Å². The monoisotopic (exact) mass is 532 g/mol. The summed E-state index contributed by atoms with van der Waals surface area (Å²) in [6, 6.07) is 0. The Morgan fingerprint density at radius 3 is 2.34 bits per heavy atom. The Labute approximate surface area is 210 Å². The zero-order valence-electron chi connectivity index (χ0n) is 23.2. The van der Waals surface area contributed by atoms with Gasteiger partial charge in [-0.3, -0.25) is 14.3 Å². The van der Waals surface area contributed by atoms with Crippen LogP contribution in [-0.4, -0.2) is 69.6 Å². The maximum Gasteiger partial charge on any atom is 0.330 e. The molecule has 0 bridgehead atoms. The Balaban J connectivity index is 2.47. The van der Waals surface area contributed by atoms with Gasteiger partial charge in [-0.2, -0.15) is 0 Å². The number of aromatic amines is 1. The van der Waals surface area contributed by atoms with Gasteiger partial charge in [0.05, 0.1) is 19.3 Å². The van der Waals surface area contributed by atoms with Gasteiger partial charge in [-0.05, 0) is 38.4 Å². The molecule has 35 heavy (non-hydrogen) atoms. The van der Waals surface area contributed by atoms with E-state index >= 15 is 0 Å². The molecule has 1 aromatic rings. The lowest BCUT2D eigenvalue weighted by atomic mass is 9.91. The number of ether oxygens (including phenoxy) is 3. The summed E-state index contributed by atoms with van der Waals surface area (Å²) in [4.78, 5) is 27.0. The summed E-state index contributed by atoms with van der Waals surface area (Å²) in [5.74, 6) is -0.857. The van der Waals surface area contributed by atoms with Crippen molar-refractivity contribution in [1.82, 2.24) is 9.55 Å². The van der Waals surface area contributed by atoms with E-state index in [-0.39, 0.29) is 23.0 Å². The highest BCUT2D eigenvalue weighted by atomic mass is 31.2. The molecule has 1 aliphatic heterocycles. The van der Waals surface area contributed by atoms with Gasteiger partial charge in [-0.25, -0.2) is 4.79 Å². The summed E-state index contributed by atoms with van der Waals surface area (Å²) >= 11 is 0. The van der Waals surface area contributed by atoms with Crippen LogP contribution in [0.5, 0.6) is 0 Å². The average molecular weight is 533 g/mol. The molecule has 1 saturated heterocycles. The first-order chi connectivity index (χ1) is 15.9. The summed E-state index contributed by atoms with van der Waals surface area (Å²) in [5, 5.41) is -0.0443. The minimum Gasteiger partial charge on any atom is -0.407 e. The number of nitrogens with zero attached hydrogens (tertiary/aromatic N) is 1. The predicted octanol–water partition coefficient (Wildman–Crippen LogP) is 4.02. The Morgan fingerprint density at radius 1 is 1.23 bits per heavy atom. The lowest BCUT2D eigenvalue weighted by Gasteiger charge is -2.43. The third-order valence-corrected chi connectivity index (χ3v) is 13.9. The third kappa shape index (κ3) is 6.84. The SMILES string of the molecule is COCCO[C@@H]1[C@H](C)[C@@H]([C@H](C)[C@@H](O[Si](C)(C)C(C)(C)C)P(C)(C)=O)O[C@H]1n1cc(C)c(=O)[nH]c1=O. The smallest absolute Gasteiger partial charge is 0.330 e. The fourth-order valence-corrected chi connectivity index (χ4v) is 8.63. The number of hydrogen-bond donors (Lipinski definition) is 1. The van der Waals surface area contributed by atoms with Crippen LogP contribution in [0.2, 0.25) is 18.1 Å². The van der Waals surface area contributed by atoms with Crippen molar-refractivity contribution in [3.63, 3.8) is 0 Å². The quantitative estimate of drug-likeness (QED) is 0.275. The molecular weight excluding hydrogens is 487 g/mol. The molecule has 0 saturated carbocycles. The van der Waals surface area contributed by atoms with E-state index < -0.39 is 44.9 Å². The highest BCUT2D eigenvalue weighted by Crippen LogP contribution is 2.53. The number of nitrogens with one attached hydrogen (secondary N) is 1. The molecule has 1 N–H and O–H groups in total. The molecule has 11 heteroatoms. The van der Waals surface area contributed by atoms with E-state index in [0.29, 0.717) is 18.8 Å². The van der Waals surface area contributed by atoms with Gasteiger partial charge in [0, 0.05) is 30.7 Å². The second-order valence-corrected chi connectivity index (χ2v) is 19.9. The summed E-state index contributed by atoms with van der Waals surface area (Å²) in [7, 11) is -3.32. The largest absolute Gasteiger partial charge is 0.407 e. The molecule has 6 atom stereocenters. The Bertz CT molecular complexity index is 1030. The molecule has 9 nitrogen and oxygen atoms in total. The van der Waals surface area contributed by atoms with E-state index in [1.807, 2.05) is 13.8 Å². The molecule has 2 heterocycles. The maximum atomic E-state index is 13.5. The minimum atomic E-state index is -2.68. The summed E-state index contributed by atoms with van der Waals surface area (Å²) < 4.78 is 39.4. The molecule has 0 unspecified atom stereocenters. The van der Waals surface area contributed by atoms with Gasteiger partial charge >= 0.3 is 5.69 Å². The number of aromatic nitrogens is 2. The van der Waals surface area contributed by atoms with Gasteiger partial charge in [-0.15, -0.1) is 0 Å². The average Bonchev–Trinajstić information content (AvgIpc) is 3.03. The van der Waals surface area contributed by atoms with E-state index in [1.165, 1.54) is 10.8 Å². The number of rotatable bonds is 10. The molecule has 202 valence electrons. The maximum absolute atomic E-state index is 13.5. The highest BCUT2D eigenvalue weighted by molar-refractivity contribution is 7.63. The molecule has 0 radical (unpaired) electrons. The summed E-state index contributed by atoms with van der Waals surface area (Å²) in [5.41, 5.74) is -0.587. The molecule has 0 aromatic carbocycles. The molecule has 1 aromatic heterocycles. The zero-order chi connectivity index (χ0) is 26.9. The van der Waals surface area contributed by atoms with Crippen molar-refractivity contribution < 1.29 is 23.2 Å². The van der Waals surface area contributed by atoms with Crippen LogP contribution < -0.4 is 11.2 Å². The molecule has 0 aliphatic carbocycles. The highest BCUT2D eigenvalue weighted by Gasteiger charge is 2.51. The topological polar surface area (TPSA) is 109 Å². The number of H-pyrrole nitrogens is 1. The van der Waals surface area contributed by atoms with Crippen LogP contribution in [0.3, 0.4) is 0 Å². The lowest BCUT2D eigenvalue weighted by molar-refractivity contribution is -0.0843. The first-order valence-electron chi connectivity index (χ1n) is 12.2. The van der Waals surface area contributed by atoms with Crippen molar-refractivity contribution in [2.75, 3.05) is 33.7 Å². The van der Waals surface area contributed by atoms with E-state index in [2.05, 4.69) is 38.8 Å². The first-order valence-corrected chi connectivity index (χ1v) is 17.8. The molecule has 2 rings (SSSR count). The molecule has 1 aliphatic rings. The van der Waals surface area contributed by atoms with Gasteiger partial charge in [0.25, 0.3) is 5.56 Å². The van der Waals surface area contributed by atoms with Crippen LogP contribution in [0.25, 0.3) is 0 Å². The van der Waals surface area contributed by atoms with Gasteiger partial charge < -0.3 is 23.2 Å². The zero-order valence-corrected chi connectivity index (χ0v) is 25.1. The van der Waals surface area contributed by atoms with Crippen LogP contribution >= 0.6 is 7.14 Å². The second-order valence-electron chi connectivity index (χ2n) is 11.7. The van der Waals surface area contributed by atoms with E-state index in [9.17, 15) is 14.2 Å². The van der Waals surface area contributed by atoms with Gasteiger partial charge in [-0.1, -0.05) is 34.6 Å². The van der Waals surface area contributed by atoms with Crippen molar-refractivity contribution in [3.05, 3.63) is 32.6 Å². The fraction of sp³-hybridized carbons (Fsp3) is 0.833. The van der Waals surface area contributed by atoms with Crippen molar-refractivity contribution in [2.24, 2.45) is 11.8 Å². The Kier molecular flexibility index (Phi) is 9.62. The minimum absolute atomic E-state index is 0.0443. The van der Waals surface area contributed by atoms with Crippen molar-refractivity contribution in [3.8, 4) is 0 Å². The van der Waals surface area contributed by atoms with Gasteiger partial charge in [0.15, 0.2) is 14.5 Å². The van der Waals surface area contributed by atoms with Crippen molar-refractivity contribution >= 4 is 15.5 Å². The van der Waals surface area contributed by atoms with Crippen LogP contribution in [0.4, 0.5) is 0 Å². The second kappa shape index (κ2) is 11.2. The van der Waals surface area contributed by atoms with E-state index in [4.69, 9.17) is 18.6 Å². The van der Waals surface area contributed by atoms with Crippen LogP contribution in [0, 0.1) is 18.8 Å². The summed E-state index contributed by atoms with van der Waals surface area (Å²) in [6.07, 6.45) is -0.0947. The first kappa shape index (κ1) is 30.2. The van der Waals surface area contributed by atoms with E-state index in [0.717, 1.165) is 0 Å². The van der Waals surface area contributed by atoms with Crippen LogP contribution in [-0.2, 0) is 23.2 Å². The number of hydrogen-bond acceptors (Lipinski definition) is 7. The molecule has 0 spiro atoms. The predicted molar refractivity (Wildman–Crippen MR) is 141 cm³/mol. The third-order valence-electron chi connectivity index (χ3n) is 7.43. The van der Waals surface area contributed by atoms with Gasteiger partial charge in [0.2, 0.25) is 0 Å². The molecular formula is C24H45N2O7PSi. The number of aryl methyl sites for hydroxylation is 1. The van der Waals surface area contributed by atoms with Crippen molar-refractivity contribution in [2.45, 2.75) is 84.0 Å². The fourth-order valence-electron chi connectivity index (χ4n) is 4.35. The van der Waals surface area contributed by atoms with Crippen molar-refractivity contribution in [1.29, 1.82) is 0 Å². The summed E-state index contributed by atoms with van der Waals surface area (Å²) in [6.45, 7) is 20.7. The Morgan fingerprint density at radius 2 is 1.83 bits per heavy atom. The number of methoxy groups -OCH3 is 1. The molecule has 0 amide bonds.